The number of hydrogen-bond acceptors (Lipinski definition) is 2. The number of aromatic hydroxyl groups is 1. The molecule has 14 heavy (non-hydrogen) atoms. The van der Waals surface area contributed by atoms with E-state index in [0.29, 0.717) is 25.1 Å². The van der Waals surface area contributed by atoms with Crippen molar-refractivity contribution >= 4 is 0 Å². The zero-order valence-corrected chi connectivity index (χ0v) is 7.76. The van der Waals surface area contributed by atoms with E-state index in [9.17, 15) is 9.50 Å². The number of hydrogen-bond donors (Lipinski definition) is 2. The number of rotatable bonds is 4. The minimum absolute atomic E-state index is 0.291. The molecule has 74 valence electrons. The molecule has 0 aliphatic heterocycles. The van der Waals surface area contributed by atoms with E-state index in [1.807, 2.05) is 0 Å². The van der Waals surface area contributed by atoms with Crippen molar-refractivity contribution in [1.82, 2.24) is 5.32 Å². The topological polar surface area (TPSA) is 32.3 Å². The fourth-order valence-electron chi connectivity index (χ4n) is 1.09. The van der Waals surface area contributed by atoms with Crippen LogP contribution in [0.3, 0.4) is 0 Å². The highest BCUT2D eigenvalue weighted by Crippen LogP contribution is 2.19. The first kappa shape index (κ1) is 10.6. The van der Waals surface area contributed by atoms with Gasteiger partial charge in [-0.2, -0.15) is 0 Å². The molecule has 2 N–H and O–H groups in total. The van der Waals surface area contributed by atoms with E-state index in [1.54, 1.807) is 12.1 Å². The lowest BCUT2D eigenvalue weighted by atomic mass is 10.2. The average molecular weight is 193 g/mol. The normalized spacial score (nSPS) is 9.71. The quantitative estimate of drug-likeness (QED) is 0.563. The monoisotopic (exact) mass is 193 g/mol. The number of terminal acetylenes is 1. The molecule has 0 heterocycles. The first-order valence-corrected chi connectivity index (χ1v) is 4.36. The fourth-order valence-corrected chi connectivity index (χ4v) is 1.09. The van der Waals surface area contributed by atoms with Crippen LogP contribution in [-0.2, 0) is 6.54 Å². The molecular formula is C11H12FNO. The number of phenolic OH excluding ortho intramolecular Hbond substituents is 1. The van der Waals surface area contributed by atoms with Crippen LogP contribution < -0.4 is 5.32 Å². The Balaban J connectivity index is 2.51. The second kappa shape index (κ2) is 5.25. The van der Waals surface area contributed by atoms with E-state index in [2.05, 4.69) is 11.2 Å². The maximum absolute atomic E-state index is 12.8. The molecule has 3 heteroatoms. The molecule has 0 atom stereocenters. The summed E-state index contributed by atoms with van der Waals surface area (Å²) < 4.78 is 12.8. The van der Waals surface area contributed by atoms with Gasteiger partial charge in [0.2, 0.25) is 0 Å². The van der Waals surface area contributed by atoms with Crippen LogP contribution in [0, 0.1) is 18.2 Å². The second-order valence-corrected chi connectivity index (χ2v) is 2.88. The van der Waals surface area contributed by atoms with E-state index in [0.717, 1.165) is 0 Å². The van der Waals surface area contributed by atoms with Crippen LogP contribution in [0.2, 0.25) is 0 Å². The van der Waals surface area contributed by atoms with Gasteiger partial charge in [0.25, 0.3) is 0 Å². The Morgan fingerprint density at radius 2 is 2.29 bits per heavy atom. The smallest absolute Gasteiger partial charge is 0.165 e. The first-order chi connectivity index (χ1) is 6.75. The summed E-state index contributed by atoms with van der Waals surface area (Å²) in [5.74, 6) is 1.59. The van der Waals surface area contributed by atoms with Crippen molar-refractivity contribution in [3.8, 4) is 18.1 Å². The molecule has 0 saturated carbocycles. The van der Waals surface area contributed by atoms with E-state index >= 15 is 0 Å². The fraction of sp³-hybridized carbons (Fsp3) is 0.273. The molecule has 0 fully saturated rings. The molecule has 0 aliphatic carbocycles. The Morgan fingerprint density at radius 3 is 3.00 bits per heavy atom. The Labute approximate surface area is 82.8 Å². The van der Waals surface area contributed by atoms with Crippen molar-refractivity contribution in [2.75, 3.05) is 6.54 Å². The number of phenols is 1. The van der Waals surface area contributed by atoms with E-state index in [-0.39, 0.29) is 5.75 Å². The molecule has 0 aliphatic rings. The van der Waals surface area contributed by atoms with Gasteiger partial charge >= 0.3 is 0 Å². The van der Waals surface area contributed by atoms with Gasteiger partial charge in [-0.3, -0.25) is 0 Å². The zero-order valence-electron chi connectivity index (χ0n) is 7.76. The average Bonchev–Trinajstić information content (AvgIpc) is 2.19. The zero-order chi connectivity index (χ0) is 10.4. The van der Waals surface area contributed by atoms with Crippen molar-refractivity contribution in [3.05, 3.63) is 29.6 Å². The largest absolute Gasteiger partial charge is 0.505 e. The number of nitrogens with one attached hydrogen (secondary N) is 1. The second-order valence-electron chi connectivity index (χ2n) is 2.88. The minimum Gasteiger partial charge on any atom is -0.505 e. The van der Waals surface area contributed by atoms with Crippen LogP contribution in [-0.4, -0.2) is 11.7 Å². The van der Waals surface area contributed by atoms with E-state index in [1.165, 1.54) is 6.07 Å². The Bertz CT molecular complexity index is 344. The molecule has 1 rings (SSSR count). The van der Waals surface area contributed by atoms with Crippen LogP contribution >= 0.6 is 0 Å². The minimum atomic E-state index is -0.596. The lowest BCUT2D eigenvalue weighted by molar-refractivity contribution is 0.423. The van der Waals surface area contributed by atoms with Gasteiger partial charge < -0.3 is 10.4 Å². The van der Waals surface area contributed by atoms with Crippen molar-refractivity contribution in [2.45, 2.75) is 13.0 Å². The van der Waals surface area contributed by atoms with Gasteiger partial charge in [0.05, 0.1) is 0 Å². The van der Waals surface area contributed by atoms with Gasteiger partial charge in [0.1, 0.15) is 0 Å². The van der Waals surface area contributed by atoms with Crippen LogP contribution in [0.1, 0.15) is 12.0 Å². The highest BCUT2D eigenvalue weighted by atomic mass is 19.1. The summed E-state index contributed by atoms with van der Waals surface area (Å²) >= 11 is 0. The number of halogens is 1. The van der Waals surface area contributed by atoms with Crippen LogP contribution in [0.15, 0.2) is 18.2 Å². The SMILES string of the molecule is C#CCCNCc1cccc(F)c1O. The highest BCUT2D eigenvalue weighted by molar-refractivity contribution is 5.33. The predicted molar refractivity (Wildman–Crippen MR) is 53.2 cm³/mol. The molecule has 0 bridgehead atoms. The number of para-hydroxylation sites is 1. The first-order valence-electron chi connectivity index (χ1n) is 4.36. The van der Waals surface area contributed by atoms with Crippen molar-refractivity contribution in [2.24, 2.45) is 0 Å². The van der Waals surface area contributed by atoms with Crippen molar-refractivity contribution in [1.29, 1.82) is 0 Å². The molecule has 0 aromatic heterocycles. The molecule has 1 aromatic carbocycles. The summed E-state index contributed by atoms with van der Waals surface area (Å²) in [5.41, 5.74) is 0.544. The summed E-state index contributed by atoms with van der Waals surface area (Å²) in [6.07, 6.45) is 5.68. The van der Waals surface area contributed by atoms with Gasteiger partial charge in [-0.05, 0) is 6.07 Å². The lowest BCUT2D eigenvalue weighted by Crippen LogP contribution is -2.14. The Kier molecular flexibility index (Phi) is 3.96. The van der Waals surface area contributed by atoms with Gasteiger partial charge in [-0.15, -0.1) is 12.3 Å². The number of benzene rings is 1. The van der Waals surface area contributed by atoms with E-state index in [4.69, 9.17) is 6.42 Å². The molecule has 1 aromatic rings. The van der Waals surface area contributed by atoms with Crippen LogP contribution in [0.4, 0.5) is 4.39 Å². The molecule has 0 amide bonds. The summed E-state index contributed by atoms with van der Waals surface area (Å²) in [6.45, 7) is 1.08. The van der Waals surface area contributed by atoms with Gasteiger partial charge in [-0.1, -0.05) is 12.1 Å². The van der Waals surface area contributed by atoms with Gasteiger partial charge in [0.15, 0.2) is 11.6 Å². The summed E-state index contributed by atoms with van der Waals surface area (Å²) in [6, 6.07) is 4.45. The maximum Gasteiger partial charge on any atom is 0.165 e. The van der Waals surface area contributed by atoms with Gasteiger partial charge in [0, 0.05) is 25.1 Å². The molecule has 0 spiro atoms. The van der Waals surface area contributed by atoms with Crippen molar-refractivity contribution in [3.63, 3.8) is 0 Å². The third-order valence-corrected chi connectivity index (χ3v) is 1.83. The van der Waals surface area contributed by atoms with Crippen LogP contribution in [0.25, 0.3) is 0 Å². The molecule has 0 radical (unpaired) electrons. The predicted octanol–water partition coefficient (Wildman–Crippen LogP) is 1.64. The van der Waals surface area contributed by atoms with E-state index < -0.39 is 5.82 Å². The molecule has 0 unspecified atom stereocenters. The van der Waals surface area contributed by atoms with Crippen molar-refractivity contribution < 1.29 is 9.50 Å². The summed E-state index contributed by atoms with van der Waals surface area (Å²) in [7, 11) is 0. The summed E-state index contributed by atoms with van der Waals surface area (Å²) in [5, 5.41) is 12.3. The molecular weight excluding hydrogens is 181 g/mol. The molecule has 2 nitrogen and oxygen atoms in total. The van der Waals surface area contributed by atoms with Crippen LogP contribution in [0.5, 0.6) is 5.75 Å². The summed E-state index contributed by atoms with van der Waals surface area (Å²) in [4.78, 5) is 0. The highest BCUT2D eigenvalue weighted by Gasteiger charge is 2.04. The third kappa shape index (κ3) is 2.75. The lowest BCUT2D eigenvalue weighted by Gasteiger charge is -2.05. The van der Waals surface area contributed by atoms with Gasteiger partial charge in [-0.25, -0.2) is 4.39 Å². The Hall–Kier alpha value is -1.53. The molecule has 0 saturated heterocycles. The standard InChI is InChI=1S/C11H12FNO/c1-2-3-7-13-8-9-5-4-6-10(12)11(9)14/h1,4-6,13-14H,3,7-8H2. The third-order valence-electron chi connectivity index (χ3n) is 1.83. The Morgan fingerprint density at radius 1 is 1.50 bits per heavy atom. The maximum atomic E-state index is 12.8.